The van der Waals surface area contributed by atoms with Crippen molar-refractivity contribution in [3.8, 4) is 0 Å². The van der Waals surface area contributed by atoms with Crippen LogP contribution in [0.4, 0.5) is 0 Å². The predicted octanol–water partition coefficient (Wildman–Crippen LogP) is -31.9. The molecule has 23 heavy (non-hydrogen) atoms. The molecule has 0 spiro atoms. The molecule has 0 aromatic rings. The van der Waals surface area contributed by atoms with Gasteiger partial charge in [0.2, 0.25) is 0 Å². The Hall–Kier alpha value is 4.82. The number of rotatable bonds is 0. The summed E-state index contributed by atoms with van der Waals surface area (Å²) in [6, 6.07) is 0. The molecule has 0 aliphatic carbocycles. The maximum Gasteiger partial charge on any atom is 1.00 e. The molecule has 0 saturated heterocycles. The number of carbonyl (C=O) groups is 4. The molecule has 0 aliphatic rings. The molecule has 0 aromatic carbocycles. The summed E-state index contributed by atoms with van der Waals surface area (Å²) in [5, 5.41) is 61.0. The number of carboxylic acids is 4. The average Bonchev–Trinajstić information content (AvgIpc) is 2.03. The van der Waals surface area contributed by atoms with Gasteiger partial charge < -0.3 is 54.7 Å². The number of carboxylic acid groups (broad SMARTS) is 4. The topological polar surface area (TPSA) is 230 Å². The second-order valence-electron chi connectivity index (χ2n) is 1.44. The fourth-order valence-corrected chi connectivity index (χ4v) is 0. The molecule has 0 aromatic heterocycles. The van der Waals surface area contributed by atoms with Gasteiger partial charge in [0.1, 0.15) is 0 Å². The number of hydrogen-bond acceptors (Lipinski definition) is 11. The summed E-state index contributed by atoms with van der Waals surface area (Å²) in [5.41, 5.74) is 0. The first-order valence-corrected chi connectivity index (χ1v) is 2.84. The Balaban J connectivity index is -0.0000000121. The molecule has 0 saturated carbocycles. The second kappa shape index (κ2) is 45.5. The van der Waals surface area contributed by atoms with Crippen molar-refractivity contribution in [3.05, 3.63) is 0 Å². The molecule has 0 bridgehead atoms. The summed E-state index contributed by atoms with van der Waals surface area (Å²) in [6.07, 6.45) is 0. The Morgan fingerprint density at radius 1 is 0.435 bits per heavy atom. The SMILES string of the molecule is O=C([O-])C(=O)[O-].O=C([O-])C(=O)[O-].[Na+].[Na+].[Na+].[Na+].[Na+].[Na+].[Na+].[O-]B([O-])[O-]. The van der Waals surface area contributed by atoms with Crippen molar-refractivity contribution in [2.45, 2.75) is 0 Å². The van der Waals surface area contributed by atoms with Crippen LogP contribution in [0.25, 0.3) is 0 Å². The van der Waals surface area contributed by atoms with E-state index in [1.807, 2.05) is 0 Å². The van der Waals surface area contributed by atoms with Gasteiger partial charge in [0.15, 0.2) is 0 Å². The molecular formula is C4BNa7O11. The van der Waals surface area contributed by atoms with Crippen molar-refractivity contribution in [3.63, 3.8) is 0 Å². The van der Waals surface area contributed by atoms with Gasteiger partial charge in [-0.3, -0.25) is 7.32 Å². The molecule has 19 heteroatoms. The van der Waals surface area contributed by atoms with Crippen LogP contribution in [0.2, 0.25) is 0 Å². The van der Waals surface area contributed by atoms with E-state index in [0.717, 1.165) is 0 Å². The predicted molar refractivity (Wildman–Crippen MR) is 25.8 cm³/mol. The smallest absolute Gasteiger partial charge is 0.907 e. The summed E-state index contributed by atoms with van der Waals surface area (Å²) in [4.78, 5) is 35.7. The van der Waals surface area contributed by atoms with Crippen LogP contribution >= 0.6 is 0 Å². The Kier molecular flexibility index (Phi) is 125. The third-order valence-corrected chi connectivity index (χ3v) is 0.333. The minimum absolute atomic E-state index is 0. The molecule has 0 atom stereocenters. The fraction of sp³-hybridized carbons (Fsp3) is 0. The maximum atomic E-state index is 8.93. The van der Waals surface area contributed by atoms with Crippen LogP contribution in [0.1, 0.15) is 0 Å². The summed E-state index contributed by atoms with van der Waals surface area (Å²) >= 11 is 0. The van der Waals surface area contributed by atoms with Crippen LogP contribution < -0.4 is 242 Å². The van der Waals surface area contributed by atoms with E-state index in [1.165, 1.54) is 0 Å². The Bertz CT molecular complexity index is 226. The Morgan fingerprint density at radius 2 is 0.478 bits per heavy atom. The molecule has 0 radical (unpaired) electrons. The Morgan fingerprint density at radius 3 is 0.478 bits per heavy atom. The van der Waals surface area contributed by atoms with Gasteiger partial charge in [-0.2, -0.15) is 0 Å². The van der Waals surface area contributed by atoms with Crippen LogP contribution in [0, 0.1) is 0 Å². The molecule has 0 aliphatic heterocycles. The van der Waals surface area contributed by atoms with Gasteiger partial charge in [0.05, 0.1) is 23.9 Å². The van der Waals surface area contributed by atoms with Crippen LogP contribution in [0.3, 0.4) is 0 Å². The zero-order valence-electron chi connectivity index (χ0n) is 14.1. The van der Waals surface area contributed by atoms with Gasteiger partial charge in [-0.1, -0.05) is 0 Å². The molecule has 0 heterocycles. The summed E-state index contributed by atoms with van der Waals surface area (Å²) in [6.45, 7) is 0. The zero-order chi connectivity index (χ0) is 13.9. The Labute approximate surface area is 286 Å². The number of carbonyl (C=O) groups excluding carboxylic acids is 4. The molecule has 0 rings (SSSR count). The third kappa shape index (κ3) is 101. The van der Waals surface area contributed by atoms with E-state index in [4.69, 9.17) is 54.7 Å². The minimum atomic E-state index is -2.92. The van der Waals surface area contributed by atoms with Gasteiger partial charge in [-0.05, 0) is 0 Å². The van der Waals surface area contributed by atoms with Crippen molar-refractivity contribution in [2.24, 2.45) is 0 Å². The number of hydrogen-bond donors (Lipinski definition) is 0. The summed E-state index contributed by atoms with van der Waals surface area (Å²) in [7, 11) is -2.92. The first-order chi connectivity index (χ1) is 7.02. The van der Waals surface area contributed by atoms with E-state index in [1.54, 1.807) is 0 Å². The normalized spacial score (nSPS) is 5.00. The van der Waals surface area contributed by atoms with E-state index in [0.29, 0.717) is 0 Å². The van der Waals surface area contributed by atoms with Crippen LogP contribution in [-0.4, -0.2) is 31.2 Å². The summed E-state index contributed by atoms with van der Waals surface area (Å²) < 4.78 is 0. The van der Waals surface area contributed by atoms with Crippen molar-refractivity contribution in [1.82, 2.24) is 0 Å². The first kappa shape index (κ1) is 63.0. The fourth-order valence-electron chi connectivity index (χ4n) is 0. The van der Waals surface area contributed by atoms with Crippen LogP contribution in [0.5, 0.6) is 0 Å². The molecule has 0 N–H and O–H groups in total. The first-order valence-electron chi connectivity index (χ1n) is 2.84. The van der Waals surface area contributed by atoms with E-state index in [9.17, 15) is 0 Å². The standard InChI is InChI=1S/2C2H2O4.BO3.7Na/c2*3-1(4)2(5)6;2-1(3)4;;;;;;;/h2*(H,3,4)(H,5,6);;;;;;;;/q;;-3;7*+1/p-4. The van der Waals surface area contributed by atoms with E-state index in [2.05, 4.69) is 0 Å². The molecular weight excluding hydrogens is 396 g/mol. The van der Waals surface area contributed by atoms with Gasteiger partial charge in [0, 0.05) is 0 Å². The second-order valence-corrected chi connectivity index (χ2v) is 1.44. The van der Waals surface area contributed by atoms with Crippen molar-refractivity contribution in [1.29, 1.82) is 0 Å². The molecule has 0 fully saturated rings. The van der Waals surface area contributed by atoms with Crippen molar-refractivity contribution in [2.75, 3.05) is 0 Å². The molecule has 0 unspecified atom stereocenters. The van der Waals surface area contributed by atoms with E-state index >= 15 is 0 Å². The van der Waals surface area contributed by atoms with Gasteiger partial charge in [-0.25, -0.2) is 0 Å². The largest absolute Gasteiger partial charge is 1.00 e. The van der Waals surface area contributed by atoms with Gasteiger partial charge in [0.25, 0.3) is 0 Å². The van der Waals surface area contributed by atoms with Crippen LogP contribution in [0.15, 0.2) is 0 Å². The average molecular weight is 396 g/mol. The third-order valence-electron chi connectivity index (χ3n) is 0.333. The maximum absolute atomic E-state index is 8.93. The van der Waals surface area contributed by atoms with Gasteiger partial charge >= 0.3 is 207 Å². The zero-order valence-corrected chi connectivity index (χ0v) is 28.1. The van der Waals surface area contributed by atoms with Gasteiger partial charge in [-0.15, -0.1) is 0 Å². The van der Waals surface area contributed by atoms with E-state index < -0.39 is 31.2 Å². The molecule has 92 valence electrons. The van der Waals surface area contributed by atoms with Crippen molar-refractivity contribution >= 4 is 31.2 Å². The van der Waals surface area contributed by atoms with Crippen LogP contribution in [-0.2, 0) is 19.2 Å². The molecule has 0 amide bonds. The van der Waals surface area contributed by atoms with Crippen molar-refractivity contribution < 1.29 is 262 Å². The quantitative estimate of drug-likeness (QED) is 0.276. The monoisotopic (exact) mass is 396 g/mol. The molecule has 11 nitrogen and oxygen atoms in total. The van der Waals surface area contributed by atoms with E-state index in [-0.39, 0.29) is 207 Å². The minimum Gasteiger partial charge on any atom is -0.907 e. The summed E-state index contributed by atoms with van der Waals surface area (Å²) in [5.74, 6) is -8.74. The number of aliphatic carboxylic acids is 4.